The number of fused-ring (bicyclic) bond motifs is 1. The van der Waals surface area contributed by atoms with Crippen LogP contribution in [0.15, 0.2) is 21.8 Å². The van der Waals surface area contributed by atoms with E-state index in [0.29, 0.717) is 12.4 Å². The van der Waals surface area contributed by atoms with Gasteiger partial charge < -0.3 is 19.9 Å². The molecule has 3 aromatic rings. The third-order valence-corrected chi connectivity index (χ3v) is 7.13. The van der Waals surface area contributed by atoms with Gasteiger partial charge in [0, 0.05) is 6.07 Å². The van der Waals surface area contributed by atoms with Crippen LogP contribution in [0.3, 0.4) is 0 Å². The van der Waals surface area contributed by atoms with E-state index in [1.54, 1.807) is 0 Å². The maximum atomic E-state index is 13.5. The molecule has 0 fully saturated rings. The molecule has 0 amide bonds. The lowest BCUT2D eigenvalue weighted by Gasteiger charge is -2.18. The number of unbranched alkanes of at least 4 members (excludes halogenated alkanes) is 1. The second kappa shape index (κ2) is 8.82. The van der Waals surface area contributed by atoms with Crippen LogP contribution in [0, 0.1) is 0 Å². The van der Waals surface area contributed by atoms with Crippen LogP contribution < -0.4 is 19.9 Å². The van der Waals surface area contributed by atoms with Crippen molar-refractivity contribution in [1.82, 2.24) is 18.9 Å². The van der Waals surface area contributed by atoms with Crippen molar-refractivity contribution in [1.29, 1.82) is 0 Å². The summed E-state index contributed by atoms with van der Waals surface area (Å²) in [5.41, 5.74) is 5.67. The van der Waals surface area contributed by atoms with Crippen molar-refractivity contribution in [3.63, 3.8) is 0 Å². The molecular weight excluding hydrogens is 502 g/mol. The van der Waals surface area contributed by atoms with E-state index in [2.05, 4.69) is 30.9 Å². The highest BCUT2D eigenvalue weighted by atomic mass is 79.9. The molecule has 13 heteroatoms. The molecule has 2 heterocycles. The number of imidazole rings is 1. The zero-order valence-corrected chi connectivity index (χ0v) is 19.5. The van der Waals surface area contributed by atoms with Crippen molar-refractivity contribution < 1.29 is 22.6 Å². The van der Waals surface area contributed by atoms with E-state index in [-0.39, 0.29) is 43.1 Å². The first-order valence-corrected chi connectivity index (χ1v) is 11.4. The molecule has 1 aromatic carbocycles. The summed E-state index contributed by atoms with van der Waals surface area (Å²) in [4.78, 5) is 11.6. The first-order valence-electron chi connectivity index (χ1n) is 8.75. The predicted octanol–water partition coefficient (Wildman–Crippen LogP) is 3.26. The molecule has 0 atom stereocenters. The number of methoxy groups -OCH3 is 2. The summed E-state index contributed by atoms with van der Waals surface area (Å²) in [6.45, 7) is 2.45. The fourth-order valence-electron chi connectivity index (χ4n) is 2.69. The molecule has 0 spiro atoms. The summed E-state index contributed by atoms with van der Waals surface area (Å²) in [6, 6.07) is 1.33. The van der Waals surface area contributed by atoms with Crippen LogP contribution in [0.4, 0.5) is 5.95 Å². The van der Waals surface area contributed by atoms with Gasteiger partial charge in [-0.3, -0.25) is 0 Å². The highest BCUT2D eigenvalue weighted by molar-refractivity contribution is 9.10. The van der Waals surface area contributed by atoms with Gasteiger partial charge in [0.1, 0.15) is 16.7 Å². The number of ether oxygens (including phenoxy) is 3. The molecule has 0 bridgehead atoms. The Morgan fingerprint density at radius 1 is 1.23 bits per heavy atom. The zero-order valence-electron chi connectivity index (χ0n) is 16.3. The number of benzene rings is 1. The van der Waals surface area contributed by atoms with Gasteiger partial charge in [0.2, 0.25) is 11.7 Å². The van der Waals surface area contributed by atoms with Gasteiger partial charge in [0.05, 0.1) is 25.3 Å². The molecule has 0 saturated heterocycles. The van der Waals surface area contributed by atoms with E-state index in [4.69, 9.17) is 31.5 Å². The van der Waals surface area contributed by atoms with Crippen LogP contribution in [0.25, 0.3) is 11.2 Å². The Morgan fingerprint density at radius 2 is 1.97 bits per heavy atom. The number of halogens is 2. The Kier molecular flexibility index (Phi) is 6.58. The fraction of sp³-hybridized carbons (Fsp3) is 0.353. The minimum absolute atomic E-state index is 0.0550. The Morgan fingerprint density at radius 3 is 2.60 bits per heavy atom. The lowest BCUT2D eigenvalue weighted by Crippen LogP contribution is -2.15. The Hall–Kier alpha value is -2.31. The molecule has 0 aliphatic heterocycles. The lowest BCUT2D eigenvalue weighted by atomic mass is 10.3. The molecule has 0 unspecified atom stereocenters. The minimum Gasteiger partial charge on any atom is -0.493 e. The number of anilines is 1. The predicted molar refractivity (Wildman–Crippen MR) is 115 cm³/mol. The zero-order chi connectivity index (χ0) is 22.1. The van der Waals surface area contributed by atoms with Crippen LogP contribution in [-0.2, 0) is 10.0 Å². The van der Waals surface area contributed by atoms with Gasteiger partial charge in [-0.2, -0.15) is 9.97 Å². The maximum absolute atomic E-state index is 13.5. The summed E-state index contributed by atoms with van der Waals surface area (Å²) in [5, 5.41) is -0.0552. The quantitative estimate of drug-likeness (QED) is 0.351. The Bertz CT molecular complexity index is 1200. The second-order valence-corrected chi connectivity index (χ2v) is 8.98. The lowest BCUT2D eigenvalue weighted by molar-refractivity contribution is 0.268. The van der Waals surface area contributed by atoms with Gasteiger partial charge in [-0.1, -0.05) is 24.9 Å². The first-order chi connectivity index (χ1) is 14.3. The summed E-state index contributed by atoms with van der Waals surface area (Å²) in [6.07, 6.45) is 2.82. The third kappa shape index (κ3) is 3.86. The molecule has 2 aromatic heterocycles. The first kappa shape index (κ1) is 22.4. The average molecular weight is 521 g/mol. The SMILES string of the molecule is CCCCOc1c(OC)cc(S(=O)(=O)n2cnc3c(Cl)nc(N)nc32)c(Br)c1OC. The van der Waals surface area contributed by atoms with Crippen LogP contribution in [0.1, 0.15) is 19.8 Å². The summed E-state index contributed by atoms with van der Waals surface area (Å²) in [5.74, 6) is 0.490. The standard InChI is InChI=1S/C17H19BrClN5O5S/c1-4-5-6-29-13-9(27-2)7-10(11(18)14(13)28-3)30(25,26)24-8-21-12-15(19)22-17(20)23-16(12)24/h7-8H,4-6H2,1-3H3,(H2,20,22,23). The van der Waals surface area contributed by atoms with Gasteiger partial charge >= 0.3 is 0 Å². The second-order valence-electron chi connectivity index (χ2n) is 6.05. The summed E-state index contributed by atoms with van der Waals surface area (Å²) in [7, 11) is -1.39. The van der Waals surface area contributed by atoms with Crippen LogP contribution in [0.2, 0.25) is 5.15 Å². The van der Waals surface area contributed by atoms with Crippen molar-refractivity contribution in [2.24, 2.45) is 0 Å². The molecule has 0 aliphatic carbocycles. The van der Waals surface area contributed by atoms with E-state index in [1.807, 2.05) is 6.92 Å². The number of nitrogens with zero attached hydrogens (tertiary/aromatic N) is 4. The summed E-state index contributed by atoms with van der Waals surface area (Å²) < 4.78 is 44.5. The van der Waals surface area contributed by atoms with E-state index in [9.17, 15) is 8.42 Å². The average Bonchev–Trinajstić information content (AvgIpc) is 3.13. The largest absolute Gasteiger partial charge is 0.493 e. The molecule has 30 heavy (non-hydrogen) atoms. The smallest absolute Gasteiger partial charge is 0.272 e. The molecule has 0 aliphatic rings. The number of nitrogens with two attached hydrogens (primary N) is 1. The van der Waals surface area contributed by atoms with Gasteiger partial charge in [-0.15, -0.1) is 0 Å². The molecule has 2 N–H and O–H groups in total. The number of rotatable bonds is 8. The number of hydrogen-bond donors (Lipinski definition) is 1. The maximum Gasteiger partial charge on any atom is 0.272 e. The van der Waals surface area contributed by atoms with Gasteiger partial charge in [0.15, 0.2) is 22.3 Å². The van der Waals surface area contributed by atoms with Crippen LogP contribution >= 0.6 is 27.5 Å². The molecule has 0 saturated carbocycles. The number of aromatic nitrogens is 4. The molecule has 162 valence electrons. The molecular formula is C17H19BrClN5O5S. The van der Waals surface area contributed by atoms with Crippen LogP contribution in [0.5, 0.6) is 17.2 Å². The van der Waals surface area contributed by atoms with Crippen molar-refractivity contribution in [3.05, 3.63) is 22.0 Å². The molecule has 3 rings (SSSR count). The van der Waals surface area contributed by atoms with Crippen molar-refractivity contribution in [3.8, 4) is 17.2 Å². The summed E-state index contributed by atoms with van der Waals surface area (Å²) >= 11 is 9.33. The van der Waals surface area contributed by atoms with Crippen LogP contribution in [-0.4, -0.2) is 48.2 Å². The van der Waals surface area contributed by atoms with E-state index >= 15 is 0 Å². The molecule has 10 nitrogen and oxygen atoms in total. The fourth-order valence-corrected chi connectivity index (χ4v) is 5.30. The van der Waals surface area contributed by atoms with E-state index in [0.717, 1.165) is 23.1 Å². The van der Waals surface area contributed by atoms with Crippen molar-refractivity contribution >= 4 is 54.7 Å². The topological polar surface area (TPSA) is 131 Å². The highest BCUT2D eigenvalue weighted by Gasteiger charge is 2.30. The number of nitrogen functional groups attached to an aromatic ring is 1. The monoisotopic (exact) mass is 519 g/mol. The Balaban J connectivity index is 2.22. The van der Waals surface area contributed by atoms with E-state index < -0.39 is 10.0 Å². The molecule has 0 radical (unpaired) electrons. The third-order valence-electron chi connectivity index (χ3n) is 4.15. The van der Waals surface area contributed by atoms with Gasteiger partial charge in [-0.05, 0) is 22.4 Å². The van der Waals surface area contributed by atoms with Crippen molar-refractivity contribution in [2.45, 2.75) is 24.7 Å². The van der Waals surface area contributed by atoms with Crippen molar-refractivity contribution in [2.75, 3.05) is 26.6 Å². The van der Waals surface area contributed by atoms with E-state index in [1.165, 1.54) is 20.3 Å². The normalized spacial score (nSPS) is 11.6. The van der Waals surface area contributed by atoms with Gasteiger partial charge in [0.25, 0.3) is 10.0 Å². The number of hydrogen-bond acceptors (Lipinski definition) is 9. The Labute approximate surface area is 186 Å². The van der Waals surface area contributed by atoms with Gasteiger partial charge in [-0.25, -0.2) is 17.4 Å². The minimum atomic E-state index is -4.21. The highest BCUT2D eigenvalue weighted by Crippen LogP contribution is 2.47.